The highest BCUT2D eigenvalue weighted by molar-refractivity contribution is 5.82. The first-order valence-corrected chi connectivity index (χ1v) is 11.3. The summed E-state index contributed by atoms with van der Waals surface area (Å²) in [6, 6.07) is 14.8. The van der Waals surface area contributed by atoms with Crippen molar-refractivity contribution in [2.24, 2.45) is 5.73 Å². The molecule has 0 saturated carbocycles. The second-order valence-corrected chi connectivity index (χ2v) is 8.89. The van der Waals surface area contributed by atoms with Crippen molar-refractivity contribution in [1.82, 2.24) is 14.5 Å². The van der Waals surface area contributed by atoms with Crippen LogP contribution in [0.5, 0.6) is 5.75 Å². The third-order valence-corrected chi connectivity index (χ3v) is 6.38. The number of nitrogens with two attached hydrogens (primary N) is 1. The fourth-order valence-corrected chi connectivity index (χ4v) is 4.45. The zero-order valence-corrected chi connectivity index (χ0v) is 19.5. The van der Waals surface area contributed by atoms with Crippen molar-refractivity contribution in [1.29, 1.82) is 0 Å². The number of nitrogens with zero attached hydrogens (tertiary/aromatic N) is 3. The molecule has 8 heteroatoms. The van der Waals surface area contributed by atoms with Crippen molar-refractivity contribution < 1.29 is 19.4 Å². The summed E-state index contributed by atoms with van der Waals surface area (Å²) in [7, 11) is 1.61. The number of hydrogen-bond donors (Lipinski definition) is 2. The van der Waals surface area contributed by atoms with Crippen LogP contribution < -0.4 is 10.5 Å². The molecule has 0 radical (unpaired) electrons. The average Bonchev–Trinajstić information content (AvgIpc) is 3.28. The number of ether oxygens (including phenoxy) is 1. The molecule has 1 aliphatic heterocycles. The maximum absolute atomic E-state index is 13.6. The summed E-state index contributed by atoms with van der Waals surface area (Å²) in [5, 5.41) is 11.1. The SMILES string of the molecule is COc1ccc(C[C@@H](C(=O)N2CC(O)(c3ccccc3C)C2)n2cnc(CCC(N)=O)c2)cc1. The van der Waals surface area contributed by atoms with Crippen molar-refractivity contribution in [2.45, 2.75) is 37.8 Å². The van der Waals surface area contributed by atoms with Crippen LogP contribution in [0.2, 0.25) is 0 Å². The van der Waals surface area contributed by atoms with E-state index in [1.165, 1.54) is 0 Å². The number of imidazole rings is 1. The maximum Gasteiger partial charge on any atom is 0.246 e. The predicted octanol–water partition coefficient (Wildman–Crippen LogP) is 2.13. The Morgan fingerprint density at radius 3 is 2.53 bits per heavy atom. The molecule has 2 amide bonds. The average molecular weight is 463 g/mol. The minimum Gasteiger partial charge on any atom is -0.497 e. The Morgan fingerprint density at radius 2 is 1.88 bits per heavy atom. The number of aryl methyl sites for hydroxylation is 2. The molecule has 0 spiro atoms. The van der Waals surface area contributed by atoms with Gasteiger partial charge in [-0.2, -0.15) is 0 Å². The van der Waals surface area contributed by atoms with Crippen LogP contribution in [-0.2, 0) is 28.0 Å². The van der Waals surface area contributed by atoms with Crippen LogP contribution in [0.4, 0.5) is 0 Å². The highest BCUT2D eigenvalue weighted by atomic mass is 16.5. The highest BCUT2D eigenvalue weighted by Crippen LogP contribution is 2.35. The summed E-state index contributed by atoms with van der Waals surface area (Å²) in [5.74, 6) is 0.262. The summed E-state index contributed by atoms with van der Waals surface area (Å²) in [6.45, 7) is 2.43. The molecule has 1 aromatic heterocycles. The van der Waals surface area contributed by atoms with Crippen molar-refractivity contribution in [3.05, 3.63) is 83.4 Å². The van der Waals surface area contributed by atoms with Crippen molar-refractivity contribution in [2.75, 3.05) is 20.2 Å². The van der Waals surface area contributed by atoms with Gasteiger partial charge in [0.25, 0.3) is 0 Å². The van der Waals surface area contributed by atoms with E-state index in [-0.39, 0.29) is 25.4 Å². The molecule has 1 saturated heterocycles. The van der Waals surface area contributed by atoms with Crippen LogP contribution in [-0.4, -0.2) is 51.6 Å². The molecule has 8 nitrogen and oxygen atoms in total. The largest absolute Gasteiger partial charge is 0.497 e. The first-order valence-electron chi connectivity index (χ1n) is 11.3. The molecular formula is C26H30N4O4. The molecule has 0 bridgehead atoms. The number of aromatic nitrogens is 2. The minimum absolute atomic E-state index is 0.0899. The number of carbonyl (C=O) groups excluding carboxylic acids is 2. The van der Waals surface area contributed by atoms with Crippen molar-refractivity contribution >= 4 is 11.8 Å². The van der Waals surface area contributed by atoms with Crippen LogP contribution in [0, 0.1) is 6.92 Å². The topological polar surface area (TPSA) is 111 Å². The normalized spacial score (nSPS) is 15.4. The van der Waals surface area contributed by atoms with E-state index >= 15 is 0 Å². The quantitative estimate of drug-likeness (QED) is 0.506. The van der Waals surface area contributed by atoms with E-state index < -0.39 is 17.6 Å². The van der Waals surface area contributed by atoms with Gasteiger partial charge in [0, 0.05) is 19.0 Å². The van der Waals surface area contributed by atoms with Crippen LogP contribution in [0.25, 0.3) is 0 Å². The van der Waals surface area contributed by atoms with Gasteiger partial charge in [0.05, 0.1) is 32.2 Å². The van der Waals surface area contributed by atoms with E-state index in [4.69, 9.17) is 10.5 Å². The Morgan fingerprint density at radius 1 is 1.18 bits per heavy atom. The molecule has 2 aromatic carbocycles. The fourth-order valence-electron chi connectivity index (χ4n) is 4.45. The van der Waals surface area contributed by atoms with Crippen LogP contribution in [0.15, 0.2) is 61.1 Å². The molecule has 3 aromatic rings. The van der Waals surface area contributed by atoms with Gasteiger partial charge < -0.3 is 25.0 Å². The fraction of sp³-hybridized carbons (Fsp3) is 0.346. The Kier molecular flexibility index (Phi) is 6.70. The molecule has 0 aliphatic carbocycles. The summed E-state index contributed by atoms with van der Waals surface area (Å²) < 4.78 is 7.02. The minimum atomic E-state index is -1.05. The third-order valence-electron chi connectivity index (χ3n) is 6.38. The van der Waals surface area contributed by atoms with Gasteiger partial charge in [-0.05, 0) is 42.2 Å². The molecule has 1 aliphatic rings. The number of amides is 2. The smallest absolute Gasteiger partial charge is 0.246 e. The second kappa shape index (κ2) is 9.69. The Hall–Kier alpha value is -3.65. The summed E-state index contributed by atoms with van der Waals surface area (Å²) in [6.07, 6.45) is 4.48. The Labute approximate surface area is 199 Å². The number of aliphatic hydroxyl groups is 1. The van der Waals surface area contributed by atoms with Crippen LogP contribution in [0.3, 0.4) is 0 Å². The van der Waals surface area contributed by atoms with E-state index in [1.807, 2.05) is 55.5 Å². The molecule has 178 valence electrons. The van der Waals surface area contributed by atoms with E-state index in [1.54, 1.807) is 29.1 Å². The summed E-state index contributed by atoms with van der Waals surface area (Å²) >= 11 is 0. The van der Waals surface area contributed by atoms with E-state index in [0.29, 0.717) is 18.5 Å². The van der Waals surface area contributed by atoms with Gasteiger partial charge in [0.2, 0.25) is 11.8 Å². The molecule has 1 fully saturated rings. The lowest BCUT2D eigenvalue weighted by atomic mass is 9.83. The molecule has 4 rings (SSSR count). The number of benzene rings is 2. The molecule has 0 unspecified atom stereocenters. The van der Waals surface area contributed by atoms with Gasteiger partial charge >= 0.3 is 0 Å². The first kappa shape index (κ1) is 23.5. The van der Waals surface area contributed by atoms with Crippen LogP contribution >= 0.6 is 0 Å². The lowest BCUT2D eigenvalue weighted by Crippen LogP contribution is -2.62. The van der Waals surface area contributed by atoms with Crippen molar-refractivity contribution in [3.63, 3.8) is 0 Å². The maximum atomic E-state index is 13.6. The number of carbonyl (C=O) groups is 2. The molecular weight excluding hydrogens is 432 g/mol. The number of likely N-dealkylation sites (tertiary alicyclic amines) is 1. The first-order chi connectivity index (χ1) is 16.3. The lowest BCUT2D eigenvalue weighted by molar-refractivity contribution is -0.160. The number of β-amino-alcohol motifs (C(OH)–C–C–N with tert-alkyl or cyclic N) is 1. The number of methoxy groups -OCH3 is 1. The third kappa shape index (κ3) is 4.97. The van der Waals surface area contributed by atoms with Crippen LogP contribution in [0.1, 0.15) is 34.8 Å². The molecule has 2 heterocycles. The highest BCUT2D eigenvalue weighted by Gasteiger charge is 2.47. The van der Waals surface area contributed by atoms with Gasteiger partial charge in [-0.3, -0.25) is 9.59 Å². The van der Waals surface area contributed by atoms with Gasteiger partial charge in [-0.15, -0.1) is 0 Å². The predicted molar refractivity (Wildman–Crippen MR) is 127 cm³/mol. The van der Waals surface area contributed by atoms with E-state index in [9.17, 15) is 14.7 Å². The number of rotatable bonds is 9. The standard InChI is InChI=1S/C26H30N4O4/c1-18-5-3-4-6-22(18)26(33)15-30(16-26)25(32)23(13-19-7-10-21(34-2)11-8-19)29-14-20(28-17-29)9-12-24(27)31/h3-8,10-11,14,17,23,33H,9,12-13,15-16H2,1-2H3,(H2,27,31)/t23-/m0/s1. The lowest BCUT2D eigenvalue weighted by Gasteiger charge is -2.48. The Balaban J connectivity index is 1.54. The van der Waals surface area contributed by atoms with E-state index in [2.05, 4.69) is 4.98 Å². The molecule has 3 N–H and O–H groups in total. The summed E-state index contributed by atoms with van der Waals surface area (Å²) in [5.41, 5.74) is 7.74. The van der Waals surface area contributed by atoms with Gasteiger partial charge in [0.1, 0.15) is 17.4 Å². The molecule has 1 atom stereocenters. The van der Waals surface area contributed by atoms with Gasteiger partial charge in [-0.25, -0.2) is 4.98 Å². The number of primary amides is 1. The molecule has 34 heavy (non-hydrogen) atoms. The van der Waals surface area contributed by atoms with Gasteiger partial charge in [-0.1, -0.05) is 36.4 Å². The Bertz CT molecular complexity index is 1170. The van der Waals surface area contributed by atoms with Crippen molar-refractivity contribution in [3.8, 4) is 5.75 Å². The number of hydrogen-bond acceptors (Lipinski definition) is 5. The second-order valence-electron chi connectivity index (χ2n) is 8.89. The summed E-state index contributed by atoms with van der Waals surface area (Å²) in [4.78, 5) is 30.8. The van der Waals surface area contributed by atoms with E-state index in [0.717, 1.165) is 22.4 Å². The van der Waals surface area contributed by atoms with Gasteiger partial charge in [0.15, 0.2) is 0 Å². The zero-order valence-electron chi connectivity index (χ0n) is 19.5. The zero-order chi connectivity index (χ0) is 24.3. The monoisotopic (exact) mass is 462 g/mol.